The zero-order valence-electron chi connectivity index (χ0n) is 16.3. The normalized spacial score (nSPS) is 17.9. The Labute approximate surface area is 167 Å². The minimum atomic E-state index is -3.61. The van der Waals surface area contributed by atoms with Gasteiger partial charge < -0.3 is 10.6 Å². The van der Waals surface area contributed by atoms with Crippen molar-refractivity contribution in [2.45, 2.75) is 44.0 Å². The lowest BCUT2D eigenvalue weighted by atomic mass is 10.1. The van der Waals surface area contributed by atoms with Gasteiger partial charge in [-0.2, -0.15) is 4.31 Å². The number of anilines is 1. The number of rotatable bonds is 5. The monoisotopic (exact) mass is 401 g/mol. The molecule has 1 unspecified atom stereocenters. The first-order valence-corrected chi connectivity index (χ1v) is 11.0. The van der Waals surface area contributed by atoms with Crippen molar-refractivity contribution < 1.29 is 13.2 Å². The van der Waals surface area contributed by atoms with Crippen LogP contribution in [0.3, 0.4) is 0 Å². The standard InChI is InChI=1S/C21H27N3O3S/c1-16-11-12-17(2)20(14-16)28(26,27)24-13-7-6-10-19(24)15-22-21(25)23-18-8-4-3-5-9-18/h3-5,8-9,11-12,14,19H,6-7,10,13,15H2,1-2H3,(H2,22,23,25). The van der Waals surface area contributed by atoms with Crippen LogP contribution in [0.25, 0.3) is 0 Å². The van der Waals surface area contributed by atoms with Gasteiger partial charge in [0.25, 0.3) is 0 Å². The van der Waals surface area contributed by atoms with Gasteiger partial charge in [-0.15, -0.1) is 0 Å². The molecule has 28 heavy (non-hydrogen) atoms. The lowest BCUT2D eigenvalue weighted by Gasteiger charge is -2.35. The zero-order valence-corrected chi connectivity index (χ0v) is 17.1. The van der Waals surface area contributed by atoms with Crippen LogP contribution >= 0.6 is 0 Å². The van der Waals surface area contributed by atoms with Crippen LogP contribution in [0.15, 0.2) is 53.4 Å². The predicted molar refractivity (Wildman–Crippen MR) is 111 cm³/mol. The number of nitrogens with one attached hydrogen (secondary N) is 2. The van der Waals surface area contributed by atoms with Gasteiger partial charge in [0.15, 0.2) is 0 Å². The molecule has 6 nitrogen and oxygen atoms in total. The third-order valence-corrected chi connectivity index (χ3v) is 7.13. The summed E-state index contributed by atoms with van der Waals surface area (Å²) >= 11 is 0. The van der Waals surface area contributed by atoms with E-state index in [1.54, 1.807) is 22.5 Å². The summed E-state index contributed by atoms with van der Waals surface area (Å²) in [4.78, 5) is 12.5. The highest BCUT2D eigenvalue weighted by atomic mass is 32.2. The molecular weight excluding hydrogens is 374 g/mol. The molecule has 0 aliphatic carbocycles. The van der Waals surface area contributed by atoms with Gasteiger partial charge in [-0.3, -0.25) is 0 Å². The molecule has 1 saturated heterocycles. The number of piperidine rings is 1. The molecular formula is C21H27N3O3S. The van der Waals surface area contributed by atoms with Gasteiger partial charge in [0.2, 0.25) is 10.0 Å². The van der Waals surface area contributed by atoms with E-state index in [0.29, 0.717) is 17.1 Å². The molecule has 0 bridgehead atoms. The molecule has 1 aliphatic rings. The number of amides is 2. The quantitative estimate of drug-likeness (QED) is 0.802. The van der Waals surface area contributed by atoms with Crippen LogP contribution in [0.1, 0.15) is 30.4 Å². The van der Waals surface area contributed by atoms with Crippen LogP contribution in [0.2, 0.25) is 0 Å². The number of aryl methyl sites for hydroxylation is 2. The minimum Gasteiger partial charge on any atom is -0.336 e. The number of hydrogen-bond acceptors (Lipinski definition) is 3. The Morgan fingerprint density at radius 3 is 2.61 bits per heavy atom. The average Bonchev–Trinajstić information content (AvgIpc) is 2.69. The van der Waals surface area contributed by atoms with Crippen molar-refractivity contribution in [1.29, 1.82) is 0 Å². The second-order valence-corrected chi connectivity index (χ2v) is 9.09. The Kier molecular flexibility index (Phi) is 6.36. The van der Waals surface area contributed by atoms with Gasteiger partial charge in [-0.1, -0.05) is 36.8 Å². The zero-order chi connectivity index (χ0) is 20.1. The molecule has 2 N–H and O–H groups in total. The molecule has 7 heteroatoms. The topological polar surface area (TPSA) is 78.5 Å². The first-order chi connectivity index (χ1) is 13.4. The van der Waals surface area contributed by atoms with Crippen LogP contribution in [0, 0.1) is 13.8 Å². The molecule has 0 saturated carbocycles. The highest BCUT2D eigenvalue weighted by molar-refractivity contribution is 7.89. The van der Waals surface area contributed by atoms with Gasteiger partial charge >= 0.3 is 6.03 Å². The number of benzene rings is 2. The third kappa shape index (κ3) is 4.72. The summed E-state index contributed by atoms with van der Waals surface area (Å²) in [5, 5.41) is 5.59. The second kappa shape index (κ2) is 8.75. The summed E-state index contributed by atoms with van der Waals surface area (Å²) in [7, 11) is -3.61. The average molecular weight is 402 g/mol. The van der Waals surface area contributed by atoms with Crippen LogP contribution < -0.4 is 10.6 Å². The van der Waals surface area contributed by atoms with Crippen molar-refractivity contribution >= 4 is 21.7 Å². The van der Waals surface area contributed by atoms with E-state index in [9.17, 15) is 13.2 Å². The molecule has 2 amide bonds. The fourth-order valence-corrected chi connectivity index (χ4v) is 5.52. The van der Waals surface area contributed by atoms with Gasteiger partial charge in [0.05, 0.1) is 4.90 Å². The van der Waals surface area contributed by atoms with E-state index in [1.807, 2.05) is 44.2 Å². The van der Waals surface area contributed by atoms with Crippen molar-refractivity contribution in [3.63, 3.8) is 0 Å². The predicted octanol–water partition coefficient (Wildman–Crippen LogP) is 3.67. The molecule has 2 aromatic rings. The molecule has 2 aromatic carbocycles. The maximum absolute atomic E-state index is 13.3. The number of carbonyl (C=O) groups is 1. The highest BCUT2D eigenvalue weighted by Gasteiger charge is 2.34. The van der Waals surface area contributed by atoms with E-state index in [1.165, 1.54) is 0 Å². The molecule has 1 aliphatic heterocycles. The first-order valence-electron chi connectivity index (χ1n) is 9.57. The lowest BCUT2D eigenvalue weighted by molar-refractivity contribution is 0.231. The maximum atomic E-state index is 13.3. The molecule has 1 atom stereocenters. The van der Waals surface area contributed by atoms with Crippen LogP contribution in [-0.2, 0) is 10.0 Å². The Balaban J connectivity index is 1.71. The number of para-hydroxylation sites is 1. The Morgan fingerprint density at radius 1 is 1.11 bits per heavy atom. The van der Waals surface area contributed by atoms with E-state index in [4.69, 9.17) is 0 Å². The highest BCUT2D eigenvalue weighted by Crippen LogP contribution is 2.27. The van der Waals surface area contributed by atoms with Crippen LogP contribution in [-0.4, -0.2) is 37.9 Å². The summed E-state index contributed by atoms with van der Waals surface area (Å²) in [6.07, 6.45) is 2.51. The smallest absolute Gasteiger partial charge is 0.319 e. The largest absolute Gasteiger partial charge is 0.336 e. The molecule has 1 heterocycles. The Bertz CT molecular complexity index is 929. The molecule has 0 aromatic heterocycles. The summed E-state index contributed by atoms with van der Waals surface area (Å²) in [5.41, 5.74) is 2.35. The molecule has 0 radical (unpaired) electrons. The summed E-state index contributed by atoms with van der Waals surface area (Å²) in [6, 6.07) is 14.1. The van der Waals surface area contributed by atoms with E-state index in [2.05, 4.69) is 10.6 Å². The van der Waals surface area contributed by atoms with E-state index < -0.39 is 10.0 Å². The summed E-state index contributed by atoms with van der Waals surface area (Å²) in [6.45, 7) is 4.46. The fourth-order valence-electron chi connectivity index (χ4n) is 3.51. The fraction of sp³-hybridized carbons (Fsp3) is 0.381. The molecule has 0 spiro atoms. The van der Waals surface area contributed by atoms with Crippen LogP contribution in [0.4, 0.5) is 10.5 Å². The van der Waals surface area contributed by atoms with Crippen LogP contribution in [0.5, 0.6) is 0 Å². The Hall–Kier alpha value is -2.38. The van der Waals surface area contributed by atoms with Crippen molar-refractivity contribution in [2.75, 3.05) is 18.4 Å². The van der Waals surface area contributed by atoms with Crippen molar-refractivity contribution in [2.24, 2.45) is 0 Å². The number of nitrogens with zero attached hydrogens (tertiary/aromatic N) is 1. The number of urea groups is 1. The minimum absolute atomic E-state index is 0.250. The van der Waals surface area contributed by atoms with Crippen molar-refractivity contribution in [3.8, 4) is 0 Å². The molecule has 3 rings (SSSR count). The van der Waals surface area contributed by atoms with Gasteiger partial charge in [-0.25, -0.2) is 13.2 Å². The number of carbonyl (C=O) groups excluding carboxylic acids is 1. The molecule has 150 valence electrons. The third-order valence-electron chi connectivity index (χ3n) is 5.03. The van der Waals surface area contributed by atoms with E-state index >= 15 is 0 Å². The van der Waals surface area contributed by atoms with Crippen molar-refractivity contribution in [3.05, 3.63) is 59.7 Å². The first kappa shape index (κ1) is 20.4. The second-order valence-electron chi connectivity index (χ2n) is 7.24. The number of hydrogen-bond donors (Lipinski definition) is 2. The summed E-state index contributed by atoms with van der Waals surface area (Å²) < 4.78 is 28.2. The van der Waals surface area contributed by atoms with Gasteiger partial charge in [-0.05, 0) is 56.0 Å². The summed E-state index contributed by atoms with van der Waals surface area (Å²) in [5.74, 6) is 0. The van der Waals surface area contributed by atoms with Crippen molar-refractivity contribution in [1.82, 2.24) is 9.62 Å². The molecule has 1 fully saturated rings. The number of sulfonamides is 1. The van der Waals surface area contributed by atoms with Gasteiger partial charge in [0.1, 0.15) is 0 Å². The van der Waals surface area contributed by atoms with E-state index in [-0.39, 0.29) is 18.6 Å². The SMILES string of the molecule is Cc1ccc(C)c(S(=O)(=O)N2CCCCC2CNC(=O)Nc2ccccc2)c1. The lowest BCUT2D eigenvalue weighted by Crippen LogP contribution is -2.50. The maximum Gasteiger partial charge on any atom is 0.319 e. The van der Waals surface area contributed by atoms with Gasteiger partial charge in [0, 0.05) is 24.8 Å². The van der Waals surface area contributed by atoms with E-state index in [0.717, 1.165) is 30.4 Å². The Morgan fingerprint density at radius 2 is 1.86 bits per heavy atom.